The van der Waals surface area contributed by atoms with E-state index in [1.165, 1.54) is 0 Å². The molecule has 3 aliphatic rings. The summed E-state index contributed by atoms with van der Waals surface area (Å²) in [4.78, 5) is 26.7. The first-order chi connectivity index (χ1) is 11.4. The van der Waals surface area contributed by atoms with Crippen LogP contribution >= 0.6 is 0 Å². The summed E-state index contributed by atoms with van der Waals surface area (Å²) in [6.07, 6.45) is 4.75. The Kier molecular flexibility index (Phi) is 4.90. The number of fused-ring (bicyclic) bond motifs is 1. The molecule has 1 amide bonds. The van der Waals surface area contributed by atoms with Crippen molar-refractivity contribution in [3.63, 3.8) is 0 Å². The third-order valence-corrected chi connectivity index (χ3v) is 6.17. The van der Waals surface area contributed by atoms with E-state index in [1.807, 2.05) is 0 Å². The Hall–Kier alpha value is -1.12. The van der Waals surface area contributed by atoms with Crippen LogP contribution in [0.2, 0.25) is 13.1 Å². The first kappa shape index (κ1) is 17.7. The minimum atomic E-state index is -1.04. The van der Waals surface area contributed by atoms with E-state index in [-0.39, 0.29) is 25.4 Å². The average molecular weight is 337 g/mol. The van der Waals surface area contributed by atoms with Gasteiger partial charge in [0.25, 0.3) is 6.92 Å². The summed E-state index contributed by atoms with van der Waals surface area (Å²) >= 11 is 0. The molecule has 3 atom stereocenters. The molecule has 3 aliphatic heterocycles. The van der Waals surface area contributed by atoms with Gasteiger partial charge in [-0.25, -0.2) is 0 Å². The van der Waals surface area contributed by atoms with E-state index >= 15 is 0 Å². The summed E-state index contributed by atoms with van der Waals surface area (Å²) < 4.78 is 0. The highest BCUT2D eigenvalue weighted by molar-refractivity contribution is 6.48. The minimum Gasteiger partial charge on any atom is -0.480 e. The molecule has 8 heteroatoms. The van der Waals surface area contributed by atoms with Gasteiger partial charge in [0.15, 0.2) is 0 Å². The van der Waals surface area contributed by atoms with Crippen molar-refractivity contribution in [1.82, 2.24) is 15.5 Å². The van der Waals surface area contributed by atoms with Gasteiger partial charge in [-0.2, -0.15) is 0 Å². The van der Waals surface area contributed by atoms with Gasteiger partial charge in [0.05, 0.1) is 12.6 Å². The molecule has 0 bridgehead atoms. The van der Waals surface area contributed by atoms with Crippen LogP contribution in [0.4, 0.5) is 0 Å². The van der Waals surface area contributed by atoms with Crippen molar-refractivity contribution in [2.24, 2.45) is 5.41 Å². The van der Waals surface area contributed by atoms with Crippen LogP contribution in [-0.2, 0) is 9.59 Å². The monoisotopic (exact) mass is 337 g/mol. The van der Waals surface area contributed by atoms with Crippen molar-refractivity contribution in [3.05, 3.63) is 0 Å². The fourth-order valence-electron chi connectivity index (χ4n) is 4.86. The normalized spacial score (nSPS) is 35.2. The predicted octanol–water partition coefficient (Wildman–Crippen LogP) is -0.222. The summed E-state index contributed by atoms with van der Waals surface area (Å²) in [7, 11) is 0. The van der Waals surface area contributed by atoms with Crippen molar-refractivity contribution < 1.29 is 19.7 Å². The molecule has 7 nitrogen and oxygen atoms in total. The molecular weight excluding hydrogens is 309 g/mol. The zero-order chi connectivity index (χ0) is 17.4. The number of carboxylic acid groups (broad SMARTS) is 1. The van der Waals surface area contributed by atoms with E-state index < -0.39 is 16.9 Å². The maximum atomic E-state index is 12.8. The Morgan fingerprint density at radius 2 is 2.12 bits per heavy atom. The van der Waals surface area contributed by atoms with Gasteiger partial charge in [0.2, 0.25) is 5.91 Å². The molecule has 3 heterocycles. The molecule has 0 spiro atoms. The smallest absolute Gasteiger partial charge is 0.326 e. The van der Waals surface area contributed by atoms with E-state index in [0.29, 0.717) is 19.4 Å². The van der Waals surface area contributed by atoms with Crippen molar-refractivity contribution in [2.75, 3.05) is 26.2 Å². The predicted molar refractivity (Wildman–Crippen MR) is 90.9 cm³/mol. The number of carboxylic acids is 1. The van der Waals surface area contributed by atoms with Crippen LogP contribution < -0.4 is 10.6 Å². The van der Waals surface area contributed by atoms with E-state index in [0.717, 1.165) is 38.6 Å². The van der Waals surface area contributed by atoms with Crippen molar-refractivity contribution >= 4 is 18.8 Å². The van der Waals surface area contributed by atoms with Crippen molar-refractivity contribution in [2.45, 2.75) is 56.8 Å². The van der Waals surface area contributed by atoms with Gasteiger partial charge in [-0.15, -0.1) is 0 Å². The van der Waals surface area contributed by atoms with Gasteiger partial charge in [-0.1, -0.05) is 13.2 Å². The Labute approximate surface area is 143 Å². The second kappa shape index (κ2) is 6.65. The number of nitrogens with one attached hydrogen (secondary N) is 2. The second-order valence-electron chi connectivity index (χ2n) is 7.75. The number of nitrogens with zero attached hydrogens (tertiary/aromatic N) is 1. The lowest BCUT2D eigenvalue weighted by molar-refractivity contribution is -0.147. The topological polar surface area (TPSA) is 102 Å². The van der Waals surface area contributed by atoms with Crippen LogP contribution in [0.5, 0.6) is 0 Å². The minimum absolute atomic E-state index is 0.0410. The van der Waals surface area contributed by atoms with Gasteiger partial charge >= 0.3 is 5.97 Å². The van der Waals surface area contributed by atoms with Gasteiger partial charge in [-0.3, -0.25) is 14.9 Å². The summed E-state index contributed by atoms with van der Waals surface area (Å²) in [5.74, 6) is -0.814. The first-order valence-corrected chi connectivity index (χ1v) is 9.09. The molecule has 3 fully saturated rings. The first-order valence-electron chi connectivity index (χ1n) is 9.09. The summed E-state index contributed by atoms with van der Waals surface area (Å²) in [5.41, 5.74) is -1.47. The SMILES string of the molecule is CB(O)CCC[C@]12CCN[C@@]1(C(=O)O)CN(C(=O)[C@@H]1CCCN1)C2. The van der Waals surface area contributed by atoms with Crippen molar-refractivity contribution in [1.29, 1.82) is 0 Å². The highest BCUT2D eigenvalue weighted by Crippen LogP contribution is 2.50. The molecule has 0 radical (unpaired) electrons. The molecule has 0 aliphatic carbocycles. The zero-order valence-electron chi connectivity index (χ0n) is 14.4. The molecule has 134 valence electrons. The summed E-state index contributed by atoms with van der Waals surface area (Å²) in [6, 6.07) is -0.163. The van der Waals surface area contributed by atoms with Gasteiger partial charge in [0, 0.05) is 12.0 Å². The molecule has 0 aromatic rings. The van der Waals surface area contributed by atoms with Crippen LogP contribution in [0.25, 0.3) is 0 Å². The average Bonchev–Trinajstić information content (AvgIpc) is 3.19. The largest absolute Gasteiger partial charge is 0.480 e. The highest BCUT2D eigenvalue weighted by atomic mass is 16.4. The molecule has 3 rings (SSSR count). The number of rotatable bonds is 6. The lowest BCUT2D eigenvalue weighted by Gasteiger charge is -2.35. The maximum absolute atomic E-state index is 12.8. The molecule has 4 N–H and O–H groups in total. The third kappa shape index (κ3) is 2.84. The van der Waals surface area contributed by atoms with Crippen LogP contribution in [0.1, 0.15) is 32.1 Å². The van der Waals surface area contributed by atoms with Gasteiger partial charge < -0.3 is 20.3 Å². The number of likely N-dealkylation sites (tertiary alicyclic amines) is 1. The lowest BCUT2D eigenvalue weighted by atomic mass is 9.63. The summed E-state index contributed by atoms with van der Waals surface area (Å²) in [5, 5.41) is 25.9. The number of aliphatic carboxylic acids is 1. The van der Waals surface area contributed by atoms with Crippen molar-refractivity contribution in [3.8, 4) is 0 Å². The quantitative estimate of drug-likeness (QED) is 0.500. The third-order valence-electron chi connectivity index (χ3n) is 6.17. The van der Waals surface area contributed by atoms with Gasteiger partial charge in [0.1, 0.15) is 5.54 Å². The maximum Gasteiger partial charge on any atom is 0.326 e. The molecule has 3 saturated heterocycles. The highest BCUT2D eigenvalue weighted by Gasteiger charge is 2.65. The van der Waals surface area contributed by atoms with Crippen LogP contribution in [0.15, 0.2) is 0 Å². The molecule has 0 unspecified atom stereocenters. The molecule has 0 aromatic heterocycles. The number of hydrogen-bond acceptors (Lipinski definition) is 5. The van der Waals surface area contributed by atoms with E-state index in [9.17, 15) is 19.7 Å². The Morgan fingerprint density at radius 1 is 1.33 bits per heavy atom. The number of carbonyl (C=O) groups is 2. The zero-order valence-corrected chi connectivity index (χ0v) is 14.4. The van der Waals surface area contributed by atoms with E-state index in [1.54, 1.807) is 11.7 Å². The number of hydrogen-bond donors (Lipinski definition) is 4. The number of amides is 1. The standard InChI is InChI=1S/C16H28BN3O4/c1-17(24)7-3-5-15-6-9-19-16(15,14(22)23)11-20(10-15)13(21)12-4-2-8-18-12/h12,18-19,24H,2-11H2,1H3,(H,22,23)/t12-,15+,16+/m0/s1. The van der Waals surface area contributed by atoms with Crippen LogP contribution in [0, 0.1) is 5.41 Å². The second-order valence-corrected chi connectivity index (χ2v) is 7.75. The summed E-state index contributed by atoms with van der Waals surface area (Å²) in [6.45, 7) is 3.65. The van der Waals surface area contributed by atoms with E-state index in [2.05, 4.69) is 10.6 Å². The Morgan fingerprint density at radius 3 is 2.75 bits per heavy atom. The van der Waals surface area contributed by atoms with E-state index in [4.69, 9.17) is 0 Å². The molecular formula is C16H28BN3O4. The van der Waals surface area contributed by atoms with Crippen LogP contribution in [0.3, 0.4) is 0 Å². The number of carbonyl (C=O) groups excluding carboxylic acids is 1. The fourth-order valence-corrected chi connectivity index (χ4v) is 4.86. The van der Waals surface area contributed by atoms with Gasteiger partial charge in [-0.05, 0) is 45.1 Å². The molecule has 0 aromatic carbocycles. The molecule has 0 saturated carbocycles. The lowest BCUT2D eigenvalue weighted by Crippen LogP contribution is -2.58. The Balaban J connectivity index is 1.78. The van der Waals surface area contributed by atoms with Crippen LogP contribution in [-0.4, -0.2) is 71.6 Å². The Bertz CT molecular complexity index is 512. The fraction of sp³-hybridized carbons (Fsp3) is 0.875. The molecule has 24 heavy (non-hydrogen) atoms.